The number of carbonyl (C=O) groups excluding carboxylic acids is 1. The molecule has 1 atom stereocenters. The molecule has 2 heterocycles. The molecule has 0 aliphatic heterocycles. The van der Waals surface area contributed by atoms with E-state index < -0.39 is 6.10 Å². The lowest BCUT2D eigenvalue weighted by molar-refractivity contribution is 0.0915. The molecule has 0 aliphatic rings. The van der Waals surface area contributed by atoms with Crippen molar-refractivity contribution < 1.29 is 14.3 Å². The van der Waals surface area contributed by atoms with Crippen molar-refractivity contribution >= 4 is 28.1 Å². The Labute approximate surface area is 136 Å². The molecule has 2 N–H and O–H groups in total. The summed E-state index contributed by atoms with van der Waals surface area (Å²) in [6.45, 7) is 1.82. The van der Waals surface area contributed by atoms with Gasteiger partial charge in [0.25, 0.3) is 5.91 Å². The van der Waals surface area contributed by atoms with Gasteiger partial charge in [-0.1, -0.05) is 0 Å². The Morgan fingerprint density at radius 2 is 2.22 bits per heavy atom. The van der Waals surface area contributed by atoms with E-state index in [9.17, 15) is 14.3 Å². The fraction of sp³-hybridized carbons (Fsp3) is 0.176. The largest absolute Gasteiger partial charge is 0.387 e. The number of hydrogen-bond acceptors (Lipinski definition) is 4. The highest BCUT2D eigenvalue weighted by Gasteiger charge is 2.14. The van der Waals surface area contributed by atoms with E-state index in [1.165, 1.54) is 23.5 Å². The molecule has 0 radical (unpaired) electrons. The second-order valence-corrected chi connectivity index (χ2v) is 6.02. The topological polar surface area (TPSA) is 62.2 Å². The van der Waals surface area contributed by atoms with E-state index in [0.29, 0.717) is 22.2 Å². The zero-order valence-corrected chi connectivity index (χ0v) is 13.2. The van der Waals surface area contributed by atoms with Crippen LogP contribution < -0.4 is 5.32 Å². The maximum atomic E-state index is 13.2. The van der Waals surface area contributed by atoms with Gasteiger partial charge in [-0.25, -0.2) is 4.39 Å². The first kappa shape index (κ1) is 15.6. The van der Waals surface area contributed by atoms with Gasteiger partial charge in [0.1, 0.15) is 5.82 Å². The fourth-order valence-electron chi connectivity index (χ4n) is 2.33. The molecule has 0 saturated carbocycles. The first-order valence-electron chi connectivity index (χ1n) is 7.10. The smallest absolute Gasteiger partial charge is 0.253 e. The van der Waals surface area contributed by atoms with E-state index in [1.54, 1.807) is 19.1 Å². The highest BCUT2D eigenvalue weighted by Crippen LogP contribution is 2.19. The normalized spacial score (nSPS) is 12.3. The Balaban J connectivity index is 1.78. The third kappa shape index (κ3) is 3.38. The molecule has 4 nitrogen and oxygen atoms in total. The first-order valence-corrected chi connectivity index (χ1v) is 8.04. The standard InChI is InChI=1S/C17H15FN2O2S/c1-10-14(6-11-2-3-13(18)7-15(11)20-10)17(22)19-8-16(21)12-4-5-23-9-12/h2-7,9,16,21H,8H2,1H3,(H,19,22). The summed E-state index contributed by atoms with van der Waals surface area (Å²) in [5.41, 5.74) is 2.23. The zero-order valence-electron chi connectivity index (χ0n) is 12.4. The number of amides is 1. The van der Waals surface area contributed by atoms with Crippen molar-refractivity contribution in [1.82, 2.24) is 10.3 Å². The lowest BCUT2D eigenvalue weighted by atomic mass is 10.1. The molecule has 23 heavy (non-hydrogen) atoms. The van der Waals surface area contributed by atoms with Gasteiger partial charge in [-0.05, 0) is 47.5 Å². The molecule has 6 heteroatoms. The maximum absolute atomic E-state index is 13.2. The third-order valence-corrected chi connectivity index (χ3v) is 4.30. The third-order valence-electron chi connectivity index (χ3n) is 3.60. The molecule has 2 aromatic heterocycles. The van der Waals surface area contributed by atoms with Crippen LogP contribution in [0.4, 0.5) is 4.39 Å². The number of pyridine rings is 1. The fourth-order valence-corrected chi connectivity index (χ4v) is 3.04. The number of aliphatic hydroxyl groups excluding tert-OH is 1. The summed E-state index contributed by atoms with van der Waals surface area (Å²) in [6, 6.07) is 7.77. The summed E-state index contributed by atoms with van der Waals surface area (Å²) in [6.07, 6.45) is -0.743. The highest BCUT2D eigenvalue weighted by atomic mass is 32.1. The SMILES string of the molecule is Cc1nc2cc(F)ccc2cc1C(=O)NCC(O)c1ccsc1. The van der Waals surface area contributed by atoms with Crippen molar-refractivity contribution in [3.63, 3.8) is 0 Å². The van der Waals surface area contributed by atoms with E-state index in [2.05, 4.69) is 10.3 Å². The van der Waals surface area contributed by atoms with Gasteiger partial charge in [-0.15, -0.1) is 0 Å². The lowest BCUT2D eigenvalue weighted by Crippen LogP contribution is -2.29. The minimum atomic E-state index is -0.743. The zero-order chi connectivity index (χ0) is 16.4. The van der Waals surface area contributed by atoms with Crippen molar-refractivity contribution in [1.29, 1.82) is 0 Å². The summed E-state index contributed by atoms with van der Waals surface area (Å²) in [5, 5.41) is 17.1. The number of nitrogens with zero attached hydrogens (tertiary/aromatic N) is 1. The minimum Gasteiger partial charge on any atom is -0.387 e. The van der Waals surface area contributed by atoms with Crippen molar-refractivity contribution in [2.75, 3.05) is 6.54 Å². The number of halogens is 1. The molecule has 0 aliphatic carbocycles. The van der Waals surface area contributed by atoms with E-state index >= 15 is 0 Å². The van der Waals surface area contributed by atoms with Crippen molar-refractivity contribution in [3.8, 4) is 0 Å². The number of rotatable bonds is 4. The van der Waals surface area contributed by atoms with Crippen molar-refractivity contribution in [2.45, 2.75) is 13.0 Å². The van der Waals surface area contributed by atoms with Crippen LogP contribution in [0.1, 0.15) is 27.7 Å². The highest BCUT2D eigenvalue weighted by molar-refractivity contribution is 7.07. The summed E-state index contributed by atoms with van der Waals surface area (Å²) < 4.78 is 13.2. The predicted octanol–water partition coefficient (Wildman–Crippen LogP) is 3.21. The van der Waals surface area contributed by atoms with Crippen molar-refractivity contribution in [3.05, 3.63) is 63.7 Å². The van der Waals surface area contributed by atoms with E-state index in [4.69, 9.17) is 0 Å². The van der Waals surface area contributed by atoms with Crippen molar-refractivity contribution in [2.24, 2.45) is 0 Å². The Kier molecular flexibility index (Phi) is 4.36. The first-order chi connectivity index (χ1) is 11.0. The van der Waals surface area contributed by atoms with Gasteiger partial charge >= 0.3 is 0 Å². The van der Waals surface area contributed by atoms with Gasteiger partial charge in [0.05, 0.1) is 22.9 Å². The van der Waals surface area contributed by atoms with Crippen LogP contribution in [-0.4, -0.2) is 22.5 Å². The van der Waals surface area contributed by atoms with Crippen LogP contribution in [0.15, 0.2) is 41.1 Å². The molecule has 118 valence electrons. The molecule has 3 rings (SSSR count). The van der Waals surface area contributed by atoms with Crippen LogP contribution in [-0.2, 0) is 0 Å². The van der Waals surface area contributed by atoms with Crippen LogP contribution in [0.25, 0.3) is 10.9 Å². The van der Waals surface area contributed by atoms with Crippen LogP contribution in [0.2, 0.25) is 0 Å². The molecular formula is C17H15FN2O2S. The number of aromatic nitrogens is 1. The van der Waals surface area contributed by atoms with Gasteiger partial charge in [0.2, 0.25) is 0 Å². The van der Waals surface area contributed by atoms with Gasteiger partial charge in [0.15, 0.2) is 0 Å². The molecule has 0 bridgehead atoms. The summed E-state index contributed by atoms with van der Waals surface area (Å²) >= 11 is 1.49. The molecule has 0 fully saturated rings. The molecule has 3 aromatic rings. The van der Waals surface area contributed by atoms with Crippen LogP contribution >= 0.6 is 11.3 Å². The number of nitrogens with one attached hydrogen (secondary N) is 1. The molecule has 0 saturated heterocycles. The van der Waals surface area contributed by atoms with Gasteiger partial charge in [-0.3, -0.25) is 9.78 Å². The Morgan fingerprint density at radius 1 is 1.39 bits per heavy atom. The maximum Gasteiger partial charge on any atom is 0.253 e. The second kappa shape index (κ2) is 6.44. The lowest BCUT2D eigenvalue weighted by Gasteiger charge is -2.12. The van der Waals surface area contributed by atoms with Crippen LogP contribution in [0.3, 0.4) is 0 Å². The number of aryl methyl sites for hydroxylation is 1. The second-order valence-electron chi connectivity index (χ2n) is 5.24. The molecule has 1 unspecified atom stereocenters. The predicted molar refractivity (Wildman–Crippen MR) is 88.1 cm³/mol. The number of benzene rings is 1. The number of fused-ring (bicyclic) bond motifs is 1. The number of carbonyl (C=O) groups is 1. The Morgan fingerprint density at radius 3 is 2.96 bits per heavy atom. The average molecular weight is 330 g/mol. The van der Waals surface area contributed by atoms with E-state index in [1.807, 2.05) is 16.8 Å². The van der Waals surface area contributed by atoms with Crippen LogP contribution in [0, 0.1) is 12.7 Å². The minimum absolute atomic E-state index is 0.121. The number of hydrogen-bond donors (Lipinski definition) is 2. The van der Waals surface area contributed by atoms with Gasteiger partial charge in [0, 0.05) is 18.0 Å². The summed E-state index contributed by atoms with van der Waals surface area (Å²) in [7, 11) is 0. The van der Waals surface area contributed by atoms with Gasteiger partial charge < -0.3 is 10.4 Å². The monoisotopic (exact) mass is 330 g/mol. The number of aliphatic hydroxyl groups is 1. The van der Waals surface area contributed by atoms with E-state index in [0.717, 1.165) is 5.56 Å². The Hall–Kier alpha value is -2.31. The molecule has 1 amide bonds. The van der Waals surface area contributed by atoms with Crippen LogP contribution in [0.5, 0.6) is 0 Å². The molecule has 0 spiro atoms. The molecule has 1 aromatic carbocycles. The summed E-state index contributed by atoms with van der Waals surface area (Å²) in [4.78, 5) is 16.6. The van der Waals surface area contributed by atoms with E-state index in [-0.39, 0.29) is 18.3 Å². The Bertz CT molecular complexity index is 849. The van der Waals surface area contributed by atoms with Gasteiger partial charge in [-0.2, -0.15) is 11.3 Å². The number of thiophene rings is 1. The molecular weight excluding hydrogens is 315 g/mol. The average Bonchev–Trinajstić information content (AvgIpc) is 3.06. The quantitative estimate of drug-likeness (QED) is 0.772. The summed E-state index contributed by atoms with van der Waals surface area (Å²) in [5.74, 6) is -0.670.